The van der Waals surface area contributed by atoms with Crippen molar-refractivity contribution in [1.29, 1.82) is 0 Å². The van der Waals surface area contributed by atoms with Crippen LogP contribution in [-0.2, 0) is 0 Å². The highest BCUT2D eigenvalue weighted by Crippen LogP contribution is 2.45. The lowest BCUT2D eigenvalue weighted by Gasteiger charge is -2.20. The molecule has 1 N–H and O–H groups in total. The fraction of sp³-hybridized carbons (Fsp3) is 0.455. The van der Waals surface area contributed by atoms with Gasteiger partial charge in [0.15, 0.2) is 0 Å². The molecule has 1 saturated heterocycles. The van der Waals surface area contributed by atoms with Crippen LogP contribution in [0.4, 0.5) is 0 Å². The van der Waals surface area contributed by atoms with Crippen molar-refractivity contribution in [2.75, 3.05) is 6.54 Å². The molecular weight excluding hydrogens is 182 g/mol. The van der Waals surface area contributed by atoms with Crippen LogP contribution in [0, 0.1) is 0 Å². The van der Waals surface area contributed by atoms with E-state index >= 15 is 0 Å². The Hall–Kier alpha value is -0.530. The van der Waals surface area contributed by atoms with E-state index in [-0.39, 0.29) is 0 Å². The van der Waals surface area contributed by atoms with E-state index in [2.05, 4.69) is 17.4 Å². The van der Waals surface area contributed by atoms with Gasteiger partial charge in [0, 0.05) is 11.1 Å². The van der Waals surface area contributed by atoms with E-state index in [1.807, 2.05) is 6.07 Å². The Bertz CT molecular complexity index is 348. The third kappa shape index (κ3) is 1.11. The summed E-state index contributed by atoms with van der Waals surface area (Å²) in [5.41, 5.74) is 2.97. The number of halogens is 1. The monoisotopic (exact) mass is 193 g/mol. The van der Waals surface area contributed by atoms with Crippen LogP contribution in [0.25, 0.3) is 0 Å². The molecular formula is C11H12ClN. The number of fused-ring (bicyclic) bond motifs is 5. The van der Waals surface area contributed by atoms with Gasteiger partial charge >= 0.3 is 0 Å². The molecule has 13 heavy (non-hydrogen) atoms. The predicted octanol–water partition coefficient (Wildman–Crippen LogP) is 2.86. The van der Waals surface area contributed by atoms with Crippen LogP contribution in [0.15, 0.2) is 18.2 Å². The zero-order valence-electron chi connectivity index (χ0n) is 7.39. The molecule has 0 unspecified atom stereocenters. The summed E-state index contributed by atoms with van der Waals surface area (Å²) >= 11 is 5.99. The molecule has 1 nitrogen and oxygen atoms in total. The van der Waals surface area contributed by atoms with Crippen molar-refractivity contribution >= 4 is 11.6 Å². The Kier molecular flexibility index (Phi) is 1.64. The zero-order chi connectivity index (χ0) is 8.84. The van der Waals surface area contributed by atoms with Gasteiger partial charge < -0.3 is 5.32 Å². The standard InChI is InChI=1S/C11H12ClN/c12-8-1-2-9-7-3-4-13-11(5-7)10(9)6-8/h1-2,6-7,11,13H,3-5H2/t7-,11-/m1/s1. The van der Waals surface area contributed by atoms with Crippen LogP contribution < -0.4 is 5.32 Å². The van der Waals surface area contributed by atoms with E-state index in [1.54, 1.807) is 0 Å². The number of benzene rings is 1. The van der Waals surface area contributed by atoms with Crippen molar-refractivity contribution in [3.8, 4) is 0 Å². The fourth-order valence-corrected chi connectivity index (χ4v) is 2.84. The lowest BCUT2D eigenvalue weighted by atomic mass is 9.97. The smallest absolute Gasteiger partial charge is 0.0409 e. The molecule has 0 saturated carbocycles. The lowest BCUT2D eigenvalue weighted by Crippen LogP contribution is -2.24. The van der Waals surface area contributed by atoms with Crippen molar-refractivity contribution in [3.63, 3.8) is 0 Å². The molecule has 1 fully saturated rings. The van der Waals surface area contributed by atoms with E-state index in [9.17, 15) is 0 Å². The van der Waals surface area contributed by atoms with E-state index in [4.69, 9.17) is 11.6 Å². The molecule has 1 aliphatic carbocycles. The molecule has 2 heteroatoms. The van der Waals surface area contributed by atoms with Crippen LogP contribution in [0.1, 0.15) is 35.9 Å². The van der Waals surface area contributed by atoms with Crippen LogP contribution in [0.2, 0.25) is 5.02 Å². The first-order valence-electron chi connectivity index (χ1n) is 4.87. The molecule has 2 aliphatic rings. The quantitative estimate of drug-likeness (QED) is 0.668. The van der Waals surface area contributed by atoms with Crippen LogP contribution in [0.3, 0.4) is 0 Å². The van der Waals surface area contributed by atoms with Crippen LogP contribution in [-0.4, -0.2) is 6.54 Å². The second-order valence-electron chi connectivity index (χ2n) is 4.00. The number of nitrogens with one attached hydrogen (secondary N) is 1. The maximum Gasteiger partial charge on any atom is 0.0409 e. The van der Waals surface area contributed by atoms with E-state index in [0.717, 1.165) is 17.5 Å². The van der Waals surface area contributed by atoms with E-state index in [1.165, 1.54) is 24.0 Å². The molecule has 68 valence electrons. The molecule has 1 aliphatic heterocycles. The topological polar surface area (TPSA) is 12.0 Å². The Balaban J connectivity index is 2.15. The summed E-state index contributed by atoms with van der Waals surface area (Å²) in [6.07, 6.45) is 2.56. The van der Waals surface area contributed by atoms with Gasteiger partial charge in [-0.25, -0.2) is 0 Å². The number of piperidine rings is 1. The molecule has 2 bridgehead atoms. The van der Waals surface area contributed by atoms with Crippen molar-refractivity contribution in [1.82, 2.24) is 5.32 Å². The first-order valence-corrected chi connectivity index (χ1v) is 5.25. The van der Waals surface area contributed by atoms with E-state index < -0.39 is 0 Å². The molecule has 0 radical (unpaired) electrons. The summed E-state index contributed by atoms with van der Waals surface area (Å²) in [6, 6.07) is 6.92. The van der Waals surface area contributed by atoms with Gasteiger partial charge in [0.25, 0.3) is 0 Å². The highest BCUT2D eigenvalue weighted by atomic mass is 35.5. The first-order chi connectivity index (χ1) is 6.34. The van der Waals surface area contributed by atoms with Gasteiger partial charge in [-0.15, -0.1) is 0 Å². The molecule has 2 atom stereocenters. The van der Waals surface area contributed by atoms with Gasteiger partial charge in [-0.1, -0.05) is 17.7 Å². The summed E-state index contributed by atoms with van der Waals surface area (Å²) in [7, 11) is 0. The van der Waals surface area contributed by atoms with E-state index in [0.29, 0.717) is 6.04 Å². The SMILES string of the molecule is Clc1ccc2c(c1)[C@H]1C[C@H]2CCN1. The molecule has 1 heterocycles. The molecule has 0 aromatic heterocycles. The Morgan fingerprint density at radius 2 is 2.23 bits per heavy atom. The molecule has 0 amide bonds. The van der Waals surface area contributed by atoms with Gasteiger partial charge in [0.2, 0.25) is 0 Å². The maximum atomic E-state index is 5.99. The van der Waals surface area contributed by atoms with Crippen LogP contribution in [0.5, 0.6) is 0 Å². The first kappa shape index (κ1) is 7.84. The Labute approximate surface area is 83.1 Å². The van der Waals surface area contributed by atoms with Gasteiger partial charge in [0.05, 0.1) is 0 Å². The van der Waals surface area contributed by atoms with Crippen LogP contribution >= 0.6 is 11.6 Å². The maximum absolute atomic E-state index is 5.99. The van der Waals surface area contributed by atoms with Crippen molar-refractivity contribution in [2.45, 2.75) is 24.8 Å². The highest BCUT2D eigenvalue weighted by Gasteiger charge is 2.33. The molecule has 1 aromatic rings. The van der Waals surface area contributed by atoms with Gasteiger partial charge in [-0.3, -0.25) is 0 Å². The third-order valence-corrected chi connectivity index (χ3v) is 3.50. The average Bonchev–Trinajstić information content (AvgIpc) is 2.39. The normalized spacial score (nSPS) is 30.2. The molecule has 3 rings (SSSR count). The highest BCUT2D eigenvalue weighted by molar-refractivity contribution is 6.30. The zero-order valence-corrected chi connectivity index (χ0v) is 8.14. The average molecular weight is 194 g/mol. The number of hydrogen-bond donors (Lipinski definition) is 1. The van der Waals surface area contributed by atoms with Gasteiger partial charge in [-0.05, 0) is 48.6 Å². The Morgan fingerprint density at radius 3 is 3.15 bits per heavy atom. The second-order valence-corrected chi connectivity index (χ2v) is 4.44. The summed E-state index contributed by atoms with van der Waals surface area (Å²) < 4.78 is 0. The molecule has 1 aromatic carbocycles. The summed E-state index contributed by atoms with van der Waals surface area (Å²) in [6.45, 7) is 1.15. The lowest BCUT2D eigenvalue weighted by molar-refractivity contribution is 0.410. The molecule has 0 spiro atoms. The van der Waals surface area contributed by atoms with Crippen molar-refractivity contribution in [3.05, 3.63) is 34.3 Å². The fourth-order valence-electron chi connectivity index (χ4n) is 2.66. The Morgan fingerprint density at radius 1 is 1.31 bits per heavy atom. The largest absolute Gasteiger partial charge is 0.310 e. The summed E-state index contributed by atoms with van der Waals surface area (Å²) in [5.74, 6) is 0.790. The minimum atomic E-state index is 0.576. The van der Waals surface area contributed by atoms with Gasteiger partial charge in [0.1, 0.15) is 0 Å². The third-order valence-electron chi connectivity index (χ3n) is 3.27. The van der Waals surface area contributed by atoms with Gasteiger partial charge in [-0.2, -0.15) is 0 Å². The predicted molar refractivity (Wildman–Crippen MR) is 54.2 cm³/mol. The number of rotatable bonds is 0. The number of hydrogen-bond acceptors (Lipinski definition) is 1. The summed E-state index contributed by atoms with van der Waals surface area (Å²) in [5, 5.41) is 4.40. The summed E-state index contributed by atoms with van der Waals surface area (Å²) in [4.78, 5) is 0. The second kappa shape index (κ2) is 2.73. The minimum absolute atomic E-state index is 0.576. The van der Waals surface area contributed by atoms with Crippen molar-refractivity contribution < 1.29 is 0 Å². The minimum Gasteiger partial charge on any atom is -0.310 e. The van der Waals surface area contributed by atoms with Crippen molar-refractivity contribution in [2.24, 2.45) is 0 Å².